The van der Waals surface area contributed by atoms with E-state index in [1.165, 1.54) is 0 Å². The third kappa shape index (κ3) is 3.14. The van der Waals surface area contributed by atoms with Gasteiger partial charge in [-0.25, -0.2) is 0 Å². The molecule has 1 unspecified atom stereocenters. The minimum absolute atomic E-state index is 0.371. The number of nitrogens with zero attached hydrogens (tertiary/aromatic N) is 3. The molecule has 0 aromatic heterocycles. The van der Waals surface area contributed by atoms with E-state index in [1.807, 2.05) is 24.1 Å². The minimum atomic E-state index is -4.56. The van der Waals surface area contributed by atoms with Crippen LogP contribution in [0.4, 0.5) is 24.5 Å². The van der Waals surface area contributed by atoms with Gasteiger partial charge in [-0.2, -0.15) is 13.2 Å². The Hall–Kier alpha value is -2.12. The summed E-state index contributed by atoms with van der Waals surface area (Å²) in [5.74, 6) is -2.82. The number of oxime groups is 1. The zero-order chi connectivity index (χ0) is 15.6. The summed E-state index contributed by atoms with van der Waals surface area (Å²) in [5, 5.41) is 11.1. The number of hydrogen-bond acceptors (Lipinski definition) is 4. The average molecular weight is 302 g/mol. The molecule has 0 radical (unpaired) electrons. The Labute approximate surface area is 120 Å². The highest BCUT2D eigenvalue weighted by Gasteiger charge is 2.44. The number of anilines is 2. The molecule has 116 valence electrons. The van der Waals surface area contributed by atoms with Gasteiger partial charge in [-0.1, -0.05) is 17.3 Å². The van der Waals surface area contributed by atoms with Crippen LogP contribution in [0, 0.1) is 5.92 Å². The molecule has 1 heterocycles. The summed E-state index contributed by atoms with van der Waals surface area (Å²) >= 11 is 0. The van der Waals surface area contributed by atoms with E-state index in [-0.39, 0.29) is 6.54 Å². The third-order valence-corrected chi connectivity index (χ3v) is 3.61. The molecular formula is C13H17F3N4O. The van der Waals surface area contributed by atoms with Crippen molar-refractivity contribution in [3.8, 4) is 0 Å². The molecule has 1 aliphatic rings. The van der Waals surface area contributed by atoms with Crippen molar-refractivity contribution in [3.63, 3.8) is 0 Å². The van der Waals surface area contributed by atoms with Gasteiger partial charge in [-0.05, 0) is 12.1 Å². The number of nitrogens with two attached hydrogens (primary N) is 1. The summed E-state index contributed by atoms with van der Waals surface area (Å²) in [6.07, 6.45) is -4.56. The number of amidine groups is 1. The van der Waals surface area contributed by atoms with Crippen LogP contribution in [0.5, 0.6) is 0 Å². The van der Waals surface area contributed by atoms with Crippen LogP contribution in [0.2, 0.25) is 0 Å². The van der Waals surface area contributed by atoms with Crippen molar-refractivity contribution >= 4 is 17.2 Å². The lowest BCUT2D eigenvalue weighted by Gasteiger charge is -2.38. The van der Waals surface area contributed by atoms with Crippen LogP contribution in [0.1, 0.15) is 0 Å². The molecule has 0 fully saturated rings. The van der Waals surface area contributed by atoms with Crippen molar-refractivity contribution in [3.05, 3.63) is 24.3 Å². The van der Waals surface area contributed by atoms with Crippen LogP contribution in [0.25, 0.3) is 0 Å². The number of benzene rings is 1. The summed E-state index contributed by atoms with van der Waals surface area (Å²) < 4.78 is 39.2. The summed E-state index contributed by atoms with van der Waals surface area (Å²) in [5.41, 5.74) is 6.79. The number of likely N-dealkylation sites (N-methyl/N-ethyl adjacent to an activating group) is 1. The Morgan fingerprint density at radius 3 is 2.52 bits per heavy atom. The van der Waals surface area contributed by atoms with E-state index in [4.69, 9.17) is 10.9 Å². The highest BCUT2D eigenvalue weighted by atomic mass is 19.4. The maximum atomic E-state index is 13.1. The number of alkyl halides is 3. The molecule has 3 N–H and O–H groups in total. The topological polar surface area (TPSA) is 65.1 Å². The fourth-order valence-corrected chi connectivity index (χ4v) is 2.41. The molecule has 21 heavy (non-hydrogen) atoms. The van der Waals surface area contributed by atoms with Crippen LogP contribution in [-0.2, 0) is 0 Å². The molecular weight excluding hydrogens is 285 g/mol. The van der Waals surface area contributed by atoms with Gasteiger partial charge in [0, 0.05) is 26.7 Å². The fraction of sp³-hybridized carbons (Fsp3) is 0.462. The first kappa shape index (κ1) is 15.3. The second-order valence-corrected chi connectivity index (χ2v) is 4.98. The first-order valence-electron chi connectivity index (χ1n) is 6.44. The summed E-state index contributed by atoms with van der Waals surface area (Å²) in [4.78, 5) is 3.60. The maximum Gasteiger partial charge on any atom is 0.400 e. The van der Waals surface area contributed by atoms with Gasteiger partial charge in [0.05, 0.1) is 11.4 Å². The summed E-state index contributed by atoms with van der Waals surface area (Å²) in [7, 11) is 1.89. The van der Waals surface area contributed by atoms with Gasteiger partial charge in [0.1, 0.15) is 5.92 Å². The average Bonchev–Trinajstić information content (AvgIpc) is 2.45. The highest BCUT2D eigenvalue weighted by molar-refractivity contribution is 5.84. The minimum Gasteiger partial charge on any atom is -0.409 e. The van der Waals surface area contributed by atoms with Crippen molar-refractivity contribution < 1.29 is 18.4 Å². The maximum absolute atomic E-state index is 13.1. The second kappa shape index (κ2) is 5.71. The van der Waals surface area contributed by atoms with Gasteiger partial charge in [0.15, 0.2) is 5.84 Å². The van der Waals surface area contributed by atoms with Gasteiger partial charge >= 0.3 is 6.18 Å². The van der Waals surface area contributed by atoms with Crippen LogP contribution in [-0.4, -0.2) is 43.9 Å². The molecule has 1 aromatic carbocycles. The van der Waals surface area contributed by atoms with E-state index in [0.717, 1.165) is 5.69 Å². The second-order valence-electron chi connectivity index (χ2n) is 4.98. The van der Waals surface area contributed by atoms with E-state index in [2.05, 4.69) is 5.16 Å². The molecule has 0 spiro atoms. The first-order valence-corrected chi connectivity index (χ1v) is 6.44. The fourth-order valence-electron chi connectivity index (χ4n) is 2.41. The Balaban J connectivity index is 2.29. The first-order chi connectivity index (χ1) is 9.84. The molecule has 0 bridgehead atoms. The molecule has 1 atom stereocenters. The molecule has 0 saturated heterocycles. The molecule has 1 aromatic rings. The van der Waals surface area contributed by atoms with Crippen LogP contribution < -0.4 is 15.5 Å². The van der Waals surface area contributed by atoms with Gasteiger partial charge in [-0.15, -0.1) is 0 Å². The summed E-state index contributed by atoms with van der Waals surface area (Å²) in [6, 6.07) is 7.24. The predicted octanol–water partition coefficient (Wildman–Crippen LogP) is 1.87. The van der Waals surface area contributed by atoms with Gasteiger partial charge in [-0.3, -0.25) is 0 Å². The molecule has 0 aliphatic carbocycles. The Morgan fingerprint density at radius 1 is 1.33 bits per heavy atom. The smallest absolute Gasteiger partial charge is 0.400 e. The zero-order valence-corrected chi connectivity index (χ0v) is 11.5. The molecule has 1 aliphatic heterocycles. The third-order valence-electron chi connectivity index (χ3n) is 3.61. The number of rotatable bonds is 3. The number of hydrogen-bond donors (Lipinski definition) is 2. The SMILES string of the molecule is CN1CCN(CC(/C(N)=N/O)C(F)(F)F)c2ccccc21. The van der Waals surface area contributed by atoms with E-state index in [0.29, 0.717) is 18.8 Å². The molecule has 0 amide bonds. The normalized spacial score (nSPS) is 17.6. The lowest BCUT2D eigenvalue weighted by atomic mass is 10.1. The molecule has 0 saturated carbocycles. The predicted molar refractivity (Wildman–Crippen MR) is 74.9 cm³/mol. The van der Waals surface area contributed by atoms with Crippen molar-refractivity contribution in [2.45, 2.75) is 6.18 Å². The standard InChI is InChI=1S/C13H17F3N4O/c1-19-6-7-20(11-5-3-2-4-10(11)19)8-9(12(17)18-21)13(14,15)16/h2-5,9,21H,6-8H2,1H3,(H2,17,18). The van der Waals surface area contributed by atoms with Crippen LogP contribution in [0.15, 0.2) is 29.4 Å². The largest absolute Gasteiger partial charge is 0.409 e. The van der Waals surface area contributed by atoms with Crippen LogP contribution in [0.3, 0.4) is 0 Å². The quantitative estimate of drug-likeness (QED) is 0.387. The molecule has 8 heteroatoms. The highest BCUT2D eigenvalue weighted by Crippen LogP contribution is 2.35. The van der Waals surface area contributed by atoms with E-state index >= 15 is 0 Å². The van der Waals surface area contributed by atoms with Crippen molar-refractivity contribution in [2.75, 3.05) is 36.5 Å². The van der Waals surface area contributed by atoms with E-state index in [9.17, 15) is 13.2 Å². The van der Waals surface area contributed by atoms with Gasteiger partial charge < -0.3 is 20.7 Å². The van der Waals surface area contributed by atoms with E-state index < -0.39 is 17.9 Å². The number of para-hydroxylation sites is 2. The lowest BCUT2D eigenvalue weighted by Crippen LogP contribution is -2.48. The van der Waals surface area contributed by atoms with Gasteiger partial charge in [0.2, 0.25) is 0 Å². The summed E-state index contributed by atoms with van der Waals surface area (Å²) in [6.45, 7) is 0.681. The Bertz CT molecular complexity index is 532. The zero-order valence-electron chi connectivity index (χ0n) is 11.5. The number of halogens is 3. The Morgan fingerprint density at radius 2 is 1.95 bits per heavy atom. The van der Waals surface area contributed by atoms with Crippen molar-refractivity contribution in [2.24, 2.45) is 16.8 Å². The Kier molecular flexibility index (Phi) is 4.15. The monoisotopic (exact) mass is 302 g/mol. The molecule has 5 nitrogen and oxygen atoms in total. The van der Waals surface area contributed by atoms with E-state index in [1.54, 1.807) is 17.0 Å². The molecule has 2 rings (SSSR count). The lowest BCUT2D eigenvalue weighted by molar-refractivity contribution is -0.153. The van der Waals surface area contributed by atoms with Crippen molar-refractivity contribution in [1.29, 1.82) is 0 Å². The number of fused-ring (bicyclic) bond motifs is 1. The van der Waals surface area contributed by atoms with Crippen molar-refractivity contribution in [1.82, 2.24) is 0 Å². The van der Waals surface area contributed by atoms with Gasteiger partial charge in [0.25, 0.3) is 0 Å². The van der Waals surface area contributed by atoms with Crippen LogP contribution >= 0.6 is 0 Å².